The van der Waals surface area contributed by atoms with Crippen molar-refractivity contribution in [2.45, 2.75) is 18.4 Å². The van der Waals surface area contributed by atoms with Gasteiger partial charge >= 0.3 is 0 Å². The molecule has 1 aliphatic rings. The lowest BCUT2D eigenvalue weighted by molar-refractivity contribution is 0.350. The summed E-state index contributed by atoms with van der Waals surface area (Å²) in [6.45, 7) is 7.23. The fourth-order valence-electron chi connectivity index (χ4n) is 4.60. The number of piperazine rings is 1. The van der Waals surface area contributed by atoms with Crippen molar-refractivity contribution in [3.8, 4) is 0 Å². The zero-order valence-electron chi connectivity index (χ0n) is 19.7. The Balaban J connectivity index is 1.09. The summed E-state index contributed by atoms with van der Waals surface area (Å²) in [7, 11) is 0. The van der Waals surface area contributed by atoms with Crippen LogP contribution >= 0.6 is 12.0 Å². The number of hydrogen-bond acceptors (Lipinski definition) is 6. The molecule has 5 aromatic rings. The van der Waals surface area contributed by atoms with Crippen molar-refractivity contribution >= 4 is 40.4 Å². The molecule has 1 saturated heterocycles. The highest BCUT2D eigenvalue weighted by atomic mass is 32.2. The minimum Gasteiger partial charge on any atom is -0.354 e. The van der Waals surface area contributed by atoms with E-state index in [1.165, 1.54) is 23.4 Å². The molecule has 5 heterocycles. The summed E-state index contributed by atoms with van der Waals surface area (Å²) in [6, 6.07) is 21.1. The third-order valence-corrected chi connectivity index (χ3v) is 7.27. The summed E-state index contributed by atoms with van der Waals surface area (Å²) >= 11 is 1.43. The maximum Gasteiger partial charge on any atom is 0.142 e. The molecule has 0 saturated carbocycles. The van der Waals surface area contributed by atoms with Crippen LogP contribution in [0.15, 0.2) is 84.1 Å². The summed E-state index contributed by atoms with van der Waals surface area (Å²) in [5.74, 6) is 2.23. The maximum atomic E-state index is 5.85. The van der Waals surface area contributed by atoms with Gasteiger partial charge in [-0.05, 0) is 49.4 Å². The number of hydrogen-bond donors (Lipinski definition) is 0. The Labute approximate surface area is 209 Å². The topological polar surface area (TPSA) is 50.8 Å². The van der Waals surface area contributed by atoms with Gasteiger partial charge in [0, 0.05) is 73.6 Å². The van der Waals surface area contributed by atoms with Crippen LogP contribution in [0, 0.1) is 6.92 Å². The molecular weight excluding hydrogens is 456 g/mol. The van der Waals surface area contributed by atoms with Gasteiger partial charge in [-0.15, -0.1) is 0 Å². The molecule has 0 unspecified atom stereocenters. The molecule has 8 heteroatoms. The first-order chi connectivity index (χ1) is 17.2. The van der Waals surface area contributed by atoms with E-state index < -0.39 is 0 Å². The van der Waals surface area contributed by atoms with Crippen LogP contribution in [0.4, 0.5) is 11.6 Å². The third kappa shape index (κ3) is 4.59. The summed E-state index contributed by atoms with van der Waals surface area (Å²) < 4.78 is 10.2. The van der Waals surface area contributed by atoms with E-state index in [4.69, 9.17) is 9.17 Å². The lowest BCUT2D eigenvalue weighted by Gasteiger charge is -2.36. The van der Waals surface area contributed by atoms with Crippen LogP contribution < -0.4 is 9.80 Å². The highest BCUT2D eigenvalue weighted by Crippen LogP contribution is 2.24. The number of benzene rings is 1. The predicted molar refractivity (Wildman–Crippen MR) is 142 cm³/mol. The van der Waals surface area contributed by atoms with Crippen LogP contribution in [0.2, 0.25) is 0 Å². The minimum absolute atomic E-state index is 0.618. The first-order valence-electron chi connectivity index (χ1n) is 12.0. The molecule has 1 aromatic carbocycles. The van der Waals surface area contributed by atoms with Crippen LogP contribution in [0.3, 0.4) is 0 Å². The van der Waals surface area contributed by atoms with E-state index in [2.05, 4.69) is 91.5 Å². The van der Waals surface area contributed by atoms with Crippen LogP contribution in [-0.4, -0.2) is 51.7 Å². The van der Waals surface area contributed by atoms with Crippen molar-refractivity contribution in [2.24, 2.45) is 0 Å². The molecule has 35 heavy (non-hydrogen) atoms. The SMILES string of the molecule is Cc1ccc(SOCCn2ccc3ccc(N4CCN(c5cccc6nccn56)CC4)nc32)cc1. The second kappa shape index (κ2) is 9.64. The molecule has 1 fully saturated rings. The summed E-state index contributed by atoms with van der Waals surface area (Å²) in [5, 5.41) is 1.16. The van der Waals surface area contributed by atoms with Gasteiger partial charge in [0.15, 0.2) is 0 Å². The van der Waals surface area contributed by atoms with Gasteiger partial charge in [-0.2, -0.15) is 0 Å². The van der Waals surface area contributed by atoms with E-state index in [1.807, 2.05) is 18.5 Å². The van der Waals surface area contributed by atoms with E-state index in [-0.39, 0.29) is 0 Å². The predicted octanol–water partition coefficient (Wildman–Crippen LogP) is 5.04. The van der Waals surface area contributed by atoms with Crippen molar-refractivity contribution in [3.63, 3.8) is 0 Å². The second-order valence-electron chi connectivity index (χ2n) is 8.82. The van der Waals surface area contributed by atoms with E-state index in [1.54, 1.807) is 0 Å². The summed E-state index contributed by atoms with van der Waals surface area (Å²) in [5.41, 5.74) is 3.25. The fourth-order valence-corrected chi connectivity index (χ4v) is 5.14. The van der Waals surface area contributed by atoms with Gasteiger partial charge in [0.1, 0.15) is 22.9 Å². The molecule has 0 amide bonds. The molecule has 0 atom stereocenters. The molecular formula is C27H28N6OS. The van der Waals surface area contributed by atoms with Gasteiger partial charge in [0.25, 0.3) is 0 Å². The Morgan fingerprint density at radius 3 is 2.57 bits per heavy atom. The Bertz CT molecular complexity index is 1440. The average molecular weight is 485 g/mol. The Morgan fingerprint density at radius 2 is 1.71 bits per heavy atom. The first-order valence-corrected chi connectivity index (χ1v) is 12.7. The van der Waals surface area contributed by atoms with Crippen molar-refractivity contribution in [2.75, 3.05) is 42.6 Å². The molecule has 0 spiro atoms. The Hall–Kier alpha value is -3.49. The van der Waals surface area contributed by atoms with Crippen molar-refractivity contribution in [1.82, 2.24) is 18.9 Å². The lowest BCUT2D eigenvalue weighted by atomic mass is 10.2. The minimum atomic E-state index is 0.618. The maximum absolute atomic E-state index is 5.85. The van der Waals surface area contributed by atoms with Gasteiger partial charge < -0.3 is 18.6 Å². The lowest BCUT2D eigenvalue weighted by Crippen LogP contribution is -2.47. The number of aromatic nitrogens is 4. The molecule has 0 radical (unpaired) electrons. The van der Waals surface area contributed by atoms with Crippen molar-refractivity contribution in [1.29, 1.82) is 0 Å². The highest BCUT2D eigenvalue weighted by Gasteiger charge is 2.20. The van der Waals surface area contributed by atoms with Gasteiger partial charge in [-0.3, -0.25) is 4.40 Å². The average Bonchev–Trinajstić information content (AvgIpc) is 3.54. The Morgan fingerprint density at radius 1 is 0.886 bits per heavy atom. The molecule has 0 aliphatic carbocycles. The van der Waals surface area contributed by atoms with E-state index >= 15 is 0 Å². The molecule has 0 N–H and O–H groups in total. The standard InChI is InChI=1S/C27H28N6OS/c1-21-5-8-23(9-6-21)35-34-20-19-32-13-11-22-7-10-25(29-27(22)32)30-15-17-31(18-16-30)26-4-2-3-24-28-12-14-33(24)26/h2-14H,15-20H2,1H3. The number of pyridine rings is 2. The molecule has 4 aromatic heterocycles. The first kappa shape index (κ1) is 22.0. The quantitative estimate of drug-likeness (QED) is 0.238. The summed E-state index contributed by atoms with van der Waals surface area (Å²) in [4.78, 5) is 15.4. The van der Waals surface area contributed by atoms with Crippen LogP contribution in [0.5, 0.6) is 0 Å². The summed E-state index contributed by atoms with van der Waals surface area (Å²) in [6.07, 6.45) is 5.99. The van der Waals surface area contributed by atoms with E-state index in [9.17, 15) is 0 Å². The molecule has 178 valence electrons. The van der Waals surface area contributed by atoms with Crippen molar-refractivity contribution < 1.29 is 4.18 Å². The fraction of sp³-hybridized carbons (Fsp3) is 0.259. The van der Waals surface area contributed by atoms with Crippen molar-refractivity contribution in [3.05, 3.63) is 84.8 Å². The van der Waals surface area contributed by atoms with Gasteiger partial charge in [0.05, 0.1) is 6.61 Å². The highest BCUT2D eigenvalue weighted by molar-refractivity contribution is 7.94. The van der Waals surface area contributed by atoms with Crippen LogP contribution in [-0.2, 0) is 10.7 Å². The second-order valence-corrected chi connectivity index (χ2v) is 9.70. The van der Waals surface area contributed by atoms with Gasteiger partial charge in [0.2, 0.25) is 0 Å². The molecule has 6 rings (SSSR count). The van der Waals surface area contributed by atoms with Gasteiger partial charge in [-0.1, -0.05) is 23.8 Å². The molecule has 0 bridgehead atoms. The Kier molecular flexibility index (Phi) is 6.06. The number of rotatable bonds is 7. The molecule has 7 nitrogen and oxygen atoms in total. The molecule has 1 aliphatic heterocycles. The smallest absolute Gasteiger partial charge is 0.142 e. The van der Waals surface area contributed by atoms with Crippen LogP contribution in [0.1, 0.15) is 5.56 Å². The zero-order valence-corrected chi connectivity index (χ0v) is 20.6. The van der Waals surface area contributed by atoms with E-state index in [0.717, 1.165) is 60.1 Å². The van der Waals surface area contributed by atoms with Crippen LogP contribution in [0.25, 0.3) is 16.7 Å². The van der Waals surface area contributed by atoms with Gasteiger partial charge in [-0.25, -0.2) is 9.97 Å². The third-order valence-electron chi connectivity index (χ3n) is 6.52. The zero-order chi connectivity index (χ0) is 23.6. The largest absolute Gasteiger partial charge is 0.354 e. The number of nitrogens with zero attached hydrogens (tertiary/aromatic N) is 6. The number of imidazole rings is 1. The number of fused-ring (bicyclic) bond motifs is 2. The van der Waals surface area contributed by atoms with E-state index in [0.29, 0.717) is 6.61 Å². The monoisotopic (exact) mass is 484 g/mol. The number of anilines is 2. The number of aryl methyl sites for hydroxylation is 1. The normalized spacial score (nSPS) is 14.3.